The van der Waals surface area contributed by atoms with Gasteiger partial charge in [-0.25, -0.2) is 8.42 Å². The number of aromatic nitrogens is 1. The highest BCUT2D eigenvalue weighted by Crippen LogP contribution is 2.34. The van der Waals surface area contributed by atoms with Gasteiger partial charge in [-0.1, -0.05) is 29.8 Å². The number of benzene rings is 2. The normalized spacial score (nSPS) is 17.0. The SMILES string of the molecule is COc1cccc2c([C@H](C(=O)O)N3CCN(S(=O)(=O)c4ccc(C)cc4)CC3)c[nH]c12. The zero-order chi connectivity index (χ0) is 22.2. The highest BCUT2D eigenvalue weighted by atomic mass is 32.2. The number of hydrogen-bond donors (Lipinski definition) is 2. The number of sulfonamides is 1. The molecule has 2 heterocycles. The molecule has 31 heavy (non-hydrogen) atoms. The van der Waals surface area contributed by atoms with Crippen molar-refractivity contribution in [3.8, 4) is 5.75 Å². The Hall–Kier alpha value is -2.88. The minimum Gasteiger partial charge on any atom is -0.495 e. The summed E-state index contributed by atoms with van der Waals surface area (Å²) in [6, 6.07) is 11.4. The molecule has 1 saturated heterocycles. The van der Waals surface area contributed by atoms with Gasteiger partial charge in [0.1, 0.15) is 11.8 Å². The van der Waals surface area contributed by atoms with Crippen molar-refractivity contribution < 1.29 is 23.1 Å². The molecule has 164 valence electrons. The van der Waals surface area contributed by atoms with Gasteiger partial charge in [0.25, 0.3) is 0 Å². The lowest BCUT2D eigenvalue weighted by atomic mass is 10.0. The van der Waals surface area contributed by atoms with Crippen molar-refractivity contribution in [2.75, 3.05) is 33.3 Å². The van der Waals surface area contributed by atoms with Gasteiger partial charge in [0.15, 0.2) is 0 Å². The van der Waals surface area contributed by atoms with Crippen LogP contribution in [0.2, 0.25) is 0 Å². The van der Waals surface area contributed by atoms with E-state index in [0.717, 1.165) is 16.5 Å². The fourth-order valence-corrected chi connectivity index (χ4v) is 5.51. The summed E-state index contributed by atoms with van der Waals surface area (Å²) in [7, 11) is -2.04. The van der Waals surface area contributed by atoms with Gasteiger partial charge in [0.05, 0.1) is 17.5 Å². The molecular weight excluding hydrogens is 418 g/mol. The Balaban J connectivity index is 1.57. The molecular formula is C22H25N3O5S. The van der Waals surface area contributed by atoms with Gasteiger partial charge < -0.3 is 14.8 Å². The number of aryl methyl sites for hydroxylation is 1. The molecule has 1 aliphatic heterocycles. The first-order valence-corrected chi connectivity index (χ1v) is 11.4. The third-order valence-corrected chi connectivity index (χ3v) is 7.67. The summed E-state index contributed by atoms with van der Waals surface area (Å²) in [5.41, 5.74) is 2.37. The zero-order valence-electron chi connectivity index (χ0n) is 17.4. The standard InChI is InChI=1S/C22H25N3O5S/c1-15-6-8-16(9-7-15)31(28,29)25-12-10-24(11-13-25)21(22(26)27)18-14-23-20-17(18)4-3-5-19(20)30-2/h3-9,14,21,23H,10-13H2,1-2H3,(H,26,27)/t21-/m1/s1. The molecule has 1 aromatic heterocycles. The average molecular weight is 444 g/mol. The Morgan fingerprint density at radius 3 is 2.39 bits per heavy atom. The molecule has 0 radical (unpaired) electrons. The van der Waals surface area contributed by atoms with Gasteiger partial charge >= 0.3 is 5.97 Å². The molecule has 1 atom stereocenters. The molecule has 0 bridgehead atoms. The highest BCUT2D eigenvalue weighted by Gasteiger charge is 2.35. The van der Waals surface area contributed by atoms with Crippen LogP contribution >= 0.6 is 0 Å². The molecule has 1 aliphatic rings. The minimum atomic E-state index is -3.61. The first kappa shape index (κ1) is 21.4. The number of rotatable bonds is 6. The van der Waals surface area contributed by atoms with Crippen molar-refractivity contribution in [2.24, 2.45) is 0 Å². The maximum absolute atomic E-state index is 13.0. The summed E-state index contributed by atoms with van der Waals surface area (Å²) in [5, 5.41) is 10.8. The van der Waals surface area contributed by atoms with E-state index in [4.69, 9.17) is 4.74 Å². The number of ether oxygens (including phenoxy) is 1. The van der Waals surface area contributed by atoms with Crippen LogP contribution in [0.4, 0.5) is 0 Å². The third-order valence-electron chi connectivity index (χ3n) is 5.75. The molecule has 0 unspecified atom stereocenters. The number of piperazine rings is 1. The number of hydrogen-bond acceptors (Lipinski definition) is 5. The summed E-state index contributed by atoms with van der Waals surface area (Å²) in [6.07, 6.45) is 1.70. The van der Waals surface area contributed by atoms with Crippen LogP contribution in [0.1, 0.15) is 17.2 Å². The van der Waals surface area contributed by atoms with E-state index < -0.39 is 22.0 Å². The number of carboxylic acids is 1. The molecule has 0 aliphatic carbocycles. The van der Waals surface area contributed by atoms with E-state index in [1.54, 1.807) is 37.6 Å². The van der Waals surface area contributed by atoms with Gasteiger partial charge in [0.2, 0.25) is 10.0 Å². The second kappa shape index (κ2) is 8.33. The van der Waals surface area contributed by atoms with Crippen molar-refractivity contribution in [2.45, 2.75) is 17.9 Å². The number of para-hydroxylation sites is 1. The number of fused-ring (bicyclic) bond motifs is 1. The Kier molecular flexibility index (Phi) is 5.74. The maximum Gasteiger partial charge on any atom is 0.325 e. The lowest BCUT2D eigenvalue weighted by Gasteiger charge is -2.37. The molecule has 1 fully saturated rings. The van der Waals surface area contributed by atoms with Gasteiger partial charge in [-0.3, -0.25) is 9.69 Å². The van der Waals surface area contributed by atoms with Crippen LogP contribution in [0, 0.1) is 6.92 Å². The number of aliphatic carboxylic acids is 1. The first-order chi connectivity index (χ1) is 14.8. The molecule has 4 rings (SSSR count). The number of carboxylic acid groups (broad SMARTS) is 1. The molecule has 0 saturated carbocycles. The van der Waals surface area contributed by atoms with Crippen molar-refractivity contribution in [1.29, 1.82) is 0 Å². The Morgan fingerprint density at radius 2 is 1.77 bits per heavy atom. The van der Waals surface area contributed by atoms with Gasteiger partial charge in [0, 0.05) is 43.3 Å². The molecule has 2 aromatic carbocycles. The number of methoxy groups -OCH3 is 1. The maximum atomic E-state index is 13.0. The van der Waals surface area contributed by atoms with Crippen molar-refractivity contribution >= 4 is 26.9 Å². The predicted octanol–water partition coefficient (Wildman–Crippen LogP) is 2.62. The Labute approximate surface area is 181 Å². The smallest absolute Gasteiger partial charge is 0.325 e. The summed E-state index contributed by atoms with van der Waals surface area (Å²) in [4.78, 5) is 17.4. The van der Waals surface area contributed by atoms with Crippen LogP contribution in [0.5, 0.6) is 5.75 Å². The first-order valence-electron chi connectivity index (χ1n) is 10.0. The number of nitrogens with zero attached hydrogens (tertiary/aromatic N) is 2. The topological polar surface area (TPSA) is 103 Å². The van der Waals surface area contributed by atoms with Gasteiger partial charge in [-0.2, -0.15) is 4.31 Å². The van der Waals surface area contributed by atoms with E-state index in [1.807, 2.05) is 30.0 Å². The van der Waals surface area contributed by atoms with E-state index in [0.29, 0.717) is 24.4 Å². The second-order valence-corrected chi connectivity index (χ2v) is 9.56. The van der Waals surface area contributed by atoms with E-state index in [-0.39, 0.29) is 18.0 Å². The number of H-pyrrole nitrogens is 1. The van der Waals surface area contributed by atoms with E-state index >= 15 is 0 Å². The van der Waals surface area contributed by atoms with Crippen LogP contribution in [0.3, 0.4) is 0 Å². The summed E-state index contributed by atoms with van der Waals surface area (Å²) < 4.78 is 32.7. The van der Waals surface area contributed by atoms with Gasteiger partial charge in [-0.15, -0.1) is 0 Å². The number of nitrogens with one attached hydrogen (secondary N) is 1. The predicted molar refractivity (Wildman–Crippen MR) is 117 cm³/mol. The zero-order valence-corrected chi connectivity index (χ0v) is 18.2. The van der Waals surface area contributed by atoms with Crippen LogP contribution in [0.15, 0.2) is 53.6 Å². The third kappa shape index (κ3) is 3.91. The average Bonchev–Trinajstić information content (AvgIpc) is 3.18. The van der Waals surface area contributed by atoms with E-state index in [1.165, 1.54) is 4.31 Å². The van der Waals surface area contributed by atoms with Crippen molar-refractivity contribution in [1.82, 2.24) is 14.2 Å². The number of carbonyl (C=O) groups is 1. The quantitative estimate of drug-likeness (QED) is 0.607. The summed E-state index contributed by atoms with van der Waals surface area (Å²) >= 11 is 0. The molecule has 3 aromatic rings. The molecule has 9 heteroatoms. The molecule has 0 amide bonds. The van der Waals surface area contributed by atoms with Crippen molar-refractivity contribution in [3.63, 3.8) is 0 Å². The Bertz CT molecular complexity index is 1200. The molecule has 0 spiro atoms. The molecule has 2 N–H and O–H groups in total. The fraction of sp³-hybridized carbons (Fsp3) is 0.318. The summed E-state index contributed by atoms with van der Waals surface area (Å²) in [6.45, 7) is 3.00. The monoisotopic (exact) mass is 443 g/mol. The number of aromatic amines is 1. The highest BCUT2D eigenvalue weighted by molar-refractivity contribution is 7.89. The van der Waals surface area contributed by atoms with Crippen LogP contribution in [-0.4, -0.2) is 67.0 Å². The van der Waals surface area contributed by atoms with Crippen LogP contribution in [-0.2, 0) is 14.8 Å². The van der Waals surface area contributed by atoms with E-state index in [9.17, 15) is 18.3 Å². The fourth-order valence-electron chi connectivity index (χ4n) is 4.09. The van der Waals surface area contributed by atoms with Crippen molar-refractivity contribution in [3.05, 3.63) is 59.8 Å². The molecule has 8 nitrogen and oxygen atoms in total. The lowest BCUT2D eigenvalue weighted by molar-refractivity contribution is -0.144. The van der Waals surface area contributed by atoms with Gasteiger partial charge in [-0.05, 0) is 25.1 Å². The second-order valence-electron chi connectivity index (χ2n) is 7.62. The minimum absolute atomic E-state index is 0.228. The largest absolute Gasteiger partial charge is 0.495 e. The van der Waals surface area contributed by atoms with Crippen LogP contribution < -0.4 is 4.74 Å². The van der Waals surface area contributed by atoms with E-state index in [2.05, 4.69) is 4.98 Å². The summed E-state index contributed by atoms with van der Waals surface area (Å²) in [5.74, 6) is -0.333. The van der Waals surface area contributed by atoms with Crippen LogP contribution in [0.25, 0.3) is 10.9 Å². The lowest BCUT2D eigenvalue weighted by Crippen LogP contribution is -2.50. The Morgan fingerprint density at radius 1 is 1.10 bits per heavy atom.